The molecule has 2 rings (SSSR count). The normalized spacial score (nSPS) is 11.4. The van der Waals surface area contributed by atoms with E-state index in [0.717, 1.165) is 9.26 Å². The molecule has 0 saturated heterocycles. The van der Waals surface area contributed by atoms with Crippen LogP contribution < -0.4 is 5.32 Å². The van der Waals surface area contributed by atoms with Gasteiger partial charge in [-0.3, -0.25) is 9.89 Å². The number of carbonyl (C=O) groups excluding carboxylic acids is 1. The molecule has 0 unspecified atom stereocenters. The molecule has 1 amide bonds. The number of hydrogen-bond acceptors (Lipinski definition) is 2. The van der Waals surface area contributed by atoms with Crippen molar-refractivity contribution in [3.05, 3.63) is 45.2 Å². The first-order chi connectivity index (χ1) is 8.86. The van der Waals surface area contributed by atoms with Crippen molar-refractivity contribution in [2.75, 3.05) is 5.32 Å². The molecule has 4 nitrogen and oxygen atoms in total. The van der Waals surface area contributed by atoms with Crippen LogP contribution in [0.4, 0.5) is 5.82 Å². The largest absolute Gasteiger partial charge is 0.305 e. The van der Waals surface area contributed by atoms with E-state index < -0.39 is 0 Å². The van der Waals surface area contributed by atoms with Crippen LogP contribution in [0.2, 0.25) is 0 Å². The number of anilines is 1. The van der Waals surface area contributed by atoms with Gasteiger partial charge in [-0.2, -0.15) is 5.10 Å². The number of hydrogen-bond donors (Lipinski definition) is 2. The number of aromatic nitrogens is 2. The number of benzene rings is 1. The van der Waals surface area contributed by atoms with Crippen molar-refractivity contribution in [3.8, 4) is 0 Å². The van der Waals surface area contributed by atoms with Crippen LogP contribution in [0.1, 0.15) is 36.8 Å². The maximum absolute atomic E-state index is 12.0. The van der Waals surface area contributed by atoms with Gasteiger partial charge in [0.2, 0.25) is 0 Å². The molecule has 0 atom stereocenters. The Balaban J connectivity index is 2.11. The highest BCUT2D eigenvalue weighted by atomic mass is 127. The van der Waals surface area contributed by atoms with Gasteiger partial charge < -0.3 is 5.32 Å². The summed E-state index contributed by atoms with van der Waals surface area (Å²) in [5.74, 6) is 0.400. The molecule has 0 aliphatic carbocycles. The van der Waals surface area contributed by atoms with Crippen LogP contribution in [0.15, 0.2) is 30.3 Å². The molecule has 0 bridgehead atoms. The van der Waals surface area contributed by atoms with Gasteiger partial charge in [-0.15, -0.1) is 0 Å². The highest BCUT2D eigenvalue weighted by Crippen LogP contribution is 2.22. The molecule has 0 radical (unpaired) electrons. The summed E-state index contributed by atoms with van der Waals surface area (Å²) < 4.78 is 1.10. The van der Waals surface area contributed by atoms with Gasteiger partial charge in [-0.1, -0.05) is 20.8 Å². The summed E-state index contributed by atoms with van der Waals surface area (Å²) in [6.45, 7) is 6.27. The van der Waals surface area contributed by atoms with Crippen molar-refractivity contribution in [1.82, 2.24) is 10.2 Å². The molecule has 2 aromatic rings. The number of rotatable bonds is 2. The Labute approximate surface area is 126 Å². The molecule has 5 heteroatoms. The van der Waals surface area contributed by atoms with E-state index in [1.165, 1.54) is 0 Å². The molecule has 0 aliphatic rings. The maximum Gasteiger partial charge on any atom is 0.256 e. The third kappa shape index (κ3) is 3.56. The third-order valence-corrected chi connectivity index (χ3v) is 3.45. The lowest BCUT2D eigenvalue weighted by Crippen LogP contribution is -2.12. The third-order valence-electron chi connectivity index (χ3n) is 2.73. The minimum Gasteiger partial charge on any atom is -0.305 e. The van der Waals surface area contributed by atoms with E-state index in [4.69, 9.17) is 0 Å². The summed E-state index contributed by atoms with van der Waals surface area (Å²) in [7, 11) is 0. The SMILES string of the molecule is CC(C)(C)c1cc(NC(=O)c2ccc(I)cc2)n[nH]1. The minimum atomic E-state index is -0.150. The fourth-order valence-electron chi connectivity index (χ4n) is 1.56. The molecule has 0 saturated carbocycles. The monoisotopic (exact) mass is 369 g/mol. The number of nitrogens with zero attached hydrogens (tertiary/aromatic N) is 1. The summed E-state index contributed by atoms with van der Waals surface area (Å²) in [5.41, 5.74) is 1.60. The van der Waals surface area contributed by atoms with Gasteiger partial charge in [-0.25, -0.2) is 0 Å². The van der Waals surface area contributed by atoms with Gasteiger partial charge in [0.1, 0.15) is 0 Å². The standard InChI is InChI=1S/C14H16IN3O/c1-14(2,3)11-8-12(18-17-11)16-13(19)9-4-6-10(15)7-5-9/h4-8H,1-3H3,(H2,16,17,18,19). The first-order valence-corrected chi connectivity index (χ1v) is 7.07. The molecule has 1 aromatic heterocycles. The lowest BCUT2D eigenvalue weighted by Gasteiger charge is -2.14. The fraction of sp³-hybridized carbons (Fsp3) is 0.286. The molecule has 19 heavy (non-hydrogen) atoms. The Kier molecular flexibility index (Phi) is 3.93. The van der Waals surface area contributed by atoms with Gasteiger partial charge in [0.05, 0.1) is 0 Å². The zero-order chi connectivity index (χ0) is 14.0. The van der Waals surface area contributed by atoms with Gasteiger partial charge in [0.15, 0.2) is 5.82 Å². The van der Waals surface area contributed by atoms with Gasteiger partial charge in [0.25, 0.3) is 5.91 Å². The summed E-state index contributed by atoms with van der Waals surface area (Å²) in [6, 6.07) is 9.27. The summed E-state index contributed by atoms with van der Waals surface area (Å²) in [4.78, 5) is 12.0. The van der Waals surface area contributed by atoms with Crippen molar-refractivity contribution < 1.29 is 4.79 Å². The molecule has 0 spiro atoms. The molecule has 1 heterocycles. The van der Waals surface area contributed by atoms with Crippen LogP contribution in [-0.2, 0) is 5.41 Å². The van der Waals surface area contributed by atoms with E-state index >= 15 is 0 Å². The number of H-pyrrole nitrogens is 1. The Morgan fingerprint density at radius 1 is 1.26 bits per heavy atom. The zero-order valence-electron chi connectivity index (χ0n) is 11.1. The van der Waals surface area contributed by atoms with E-state index in [-0.39, 0.29) is 11.3 Å². The Bertz CT molecular complexity index is 581. The van der Waals surface area contributed by atoms with Crippen molar-refractivity contribution in [2.45, 2.75) is 26.2 Å². The average molecular weight is 369 g/mol. The van der Waals surface area contributed by atoms with Crippen molar-refractivity contribution >= 4 is 34.3 Å². The second-order valence-corrected chi connectivity index (χ2v) is 6.62. The number of aromatic amines is 1. The van der Waals surface area contributed by atoms with Gasteiger partial charge in [-0.05, 0) is 46.9 Å². The quantitative estimate of drug-likeness (QED) is 0.796. The topological polar surface area (TPSA) is 57.8 Å². The van der Waals surface area contributed by atoms with Gasteiger partial charge >= 0.3 is 0 Å². The average Bonchev–Trinajstić information content (AvgIpc) is 2.78. The summed E-state index contributed by atoms with van der Waals surface area (Å²) in [6.07, 6.45) is 0. The van der Waals surface area contributed by atoms with Crippen LogP contribution >= 0.6 is 22.6 Å². The molecule has 0 fully saturated rings. The second kappa shape index (κ2) is 5.32. The van der Waals surface area contributed by atoms with Crippen LogP contribution in [0.5, 0.6) is 0 Å². The number of carbonyl (C=O) groups is 1. The highest BCUT2D eigenvalue weighted by molar-refractivity contribution is 14.1. The maximum atomic E-state index is 12.0. The Morgan fingerprint density at radius 2 is 1.89 bits per heavy atom. The van der Waals surface area contributed by atoms with E-state index in [0.29, 0.717) is 11.4 Å². The predicted molar refractivity (Wildman–Crippen MR) is 84.4 cm³/mol. The Morgan fingerprint density at radius 3 is 2.42 bits per heavy atom. The van der Waals surface area contributed by atoms with Crippen molar-refractivity contribution in [2.24, 2.45) is 0 Å². The van der Waals surface area contributed by atoms with Crippen molar-refractivity contribution in [1.29, 1.82) is 0 Å². The smallest absolute Gasteiger partial charge is 0.256 e. The van der Waals surface area contributed by atoms with E-state index in [1.54, 1.807) is 12.1 Å². The van der Waals surface area contributed by atoms with Crippen LogP contribution in [0.3, 0.4) is 0 Å². The minimum absolute atomic E-state index is 0.0150. The van der Waals surface area contributed by atoms with Crippen LogP contribution in [-0.4, -0.2) is 16.1 Å². The predicted octanol–water partition coefficient (Wildman–Crippen LogP) is 3.56. The highest BCUT2D eigenvalue weighted by Gasteiger charge is 2.17. The fourth-order valence-corrected chi connectivity index (χ4v) is 1.92. The van der Waals surface area contributed by atoms with Crippen LogP contribution in [0, 0.1) is 3.57 Å². The first kappa shape index (κ1) is 14.0. The Hall–Kier alpha value is -1.37. The summed E-state index contributed by atoms with van der Waals surface area (Å²) >= 11 is 2.21. The van der Waals surface area contributed by atoms with Crippen LogP contribution in [0.25, 0.3) is 0 Å². The van der Waals surface area contributed by atoms with Gasteiger partial charge in [0, 0.05) is 26.3 Å². The molecular weight excluding hydrogens is 353 g/mol. The second-order valence-electron chi connectivity index (χ2n) is 5.38. The first-order valence-electron chi connectivity index (χ1n) is 5.99. The lowest BCUT2D eigenvalue weighted by molar-refractivity contribution is 0.102. The zero-order valence-corrected chi connectivity index (χ0v) is 13.3. The van der Waals surface area contributed by atoms with E-state index in [1.807, 2.05) is 18.2 Å². The molecule has 1 aromatic carbocycles. The number of amides is 1. The molecule has 0 aliphatic heterocycles. The molecular formula is C14H16IN3O. The molecule has 100 valence electrons. The van der Waals surface area contributed by atoms with E-state index in [2.05, 4.69) is 58.9 Å². The lowest BCUT2D eigenvalue weighted by atomic mass is 9.92. The van der Waals surface area contributed by atoms with E-state index in [9.17, 15) is 4.79 Å². The van der Waals surface area contributed by atoms with Crippen molar-refractivity contribution in [3.63, 3.8) is 0 Å². The molecule has 2 N–H and O–H groups in total. The summed E-state index contributed by atoms with van der Waals surface area (Å²) in [5, 5.41) is 9.84. The number of nitrogens with one attached hydrogen (secondary N) is 2. The number of halogens is 1.